The van der Waals surface area contributed by atoms with Crippen molar-refractivity contribution < 1.29 is 19.4 Å². The lowest BCUT2D eigenvalue weighted by atomic mass is 9.96. The van der Waals surface area contributed by atoms with Crippen LogP contribution in [0.3, 0.4) is 0 Å². The van der Waals surface area contributed by atoms with Gasteiger partial charge in [-0.15, -0.1) is 0 Å². The van der Waals surface area contributed by atoms with E-state index < -0.39 is 6.10 Å². The van der Waals surface area contributed by atoms with Crippen molar-refractivity contribution in [2.45, 2.75) is 63.2 Å². The molecule has 0 saturated carbocycles. The van der Waals surface area contributed by atoms with E-state index in [4.69, 9.17) is 4.74 Å². The van der Waals surface area contributed by atoms with E-state index in [1.54, 1.807) is 0 Å². The topological polar surface area (TPSA) is 90.9 Å². The average molecular weight is 404 g/mol. The van der Waals surface area contributed by atoms with Gasteiger partial charge < -0.3 is 25.4 Å². The number of nitrogens with zero attached hydrogens (tertiary/aromatic N) is 1. The second-order valence-electron chi connectivity index (χ2n) is 8.00. The first-order valence-electron chi connectivity index (χ1n) is 10.8. The molecule has 0 unspecified atom stereocenters. The van der Waals surface area contributed by atoms with Gasteiger partial charge in [-0.25, -0.2) is 0 Å². The van der Waals surface area contributed by atoms with Crippen molar-refractivity contribution in [3.8, 4) is 0 Å². The zero-order valence-electron chi connectivity index (χ0n) is 17.0. The van der Waals surface area contributed by atoms with Gasteiger partial charge in [0.05, 0.1) is 25.2 Å². The van der Waals surface area contributed by atoms with Gasteiger partial charge in [0.15, 0.2) is 0 Å². The third-order valence-electron chi connectivity index (χ3n) is 5.72. The number of amides is 2. The summed E-state index contributed by atoms with van der Waals surface area (Å²) < 4.78 is 5.92. The van der Waals surface area contributed by atoms with E-state index in [2.05, 4.69) is 15.5 Å². The highest BCUT2D eigenvalue weighted by Gasteiger charge is 2.32. The van der Waals surface area contributed by atoms with E-state index in [1.807, 2.05) is 30.3 Å². The molecular weight excluding hydrogens is 370 g/mol. The Morgan fingerprint density at radius 1 is 1.07 bits per heavy atom. The van der Waals surface area contributed by atoms with Crippen molar-refractivity contribution in [2.24, 2.45) is 0 Å². The molecule has 3 atom stereocenters. The standard InChI is InChI=1S/C22H33N3O4/c26-16-20-19(24-21(27)11-14-25-12-5-2-6-13-25)10-9-18(29-20)15-22(28)23-17-7-3-1-4-8-17/h1,3-4,7-8,18-20,26H,2,5-6,9-16H2,(H,23,28)(H,24,27)/t18-,19-,20+/m1/s1. The lowest BCUT2D eigenvalue weighted by molar-refractivity contribution is -0.133. The lowest BCUT2D eigenvalue weighted by Gasteiger charge is -2.36. The molecular formula is C22H33N3O4. The van der Waals surface area contributed by atoms with Gasteiger partial charge in [0, 0.05) is 18.7 Å². The third-order valence-corrected chi connectivity index (χ3v) is 5.72. The van der Waals surface area contributed by atoms with Gasteiger partial charge in [0.25, 0.3) is 0 Å². The molecule has 1 aromatic carbocycles. The number of aliphatic hydroxyl groups is 1. The summed E-state index contributed by atoms with van der Waals surface area (Å²) in [7, 11) is 0. The summed E-state index contributed by atoms with van der Waals surface area (Å²) in [5, 5.41) is 15.6. The number of aliphatic hydroxyl groups excluding tert-OH is 1. The summed E-state index contributed by atoms with van der Waals surface area (Å²) in [4.78, 5) is 26.9. The largest absolute Gasteiger partial charge is 0.394 e. The summed E-state index contributed by atoms with van der Waals surface area (Å²) in [5.41, 5.74) is 0.755. The number of rotatable bonds is 8. The molecule has 29 heavy (non-hydrogen) atoms. The van der Waals surface area contributed by atoms with E-state index in [1.165, 1.54) is 19.3 Å². The summed E-state index contributed by atoms with van der Waals surface area (Å²) >= 11 is 0. The molecule has 0 aliphatic carbocycles. The SMILES string of the molecule is O=C(C[C@H]1CC[C@@H](NC(=O)CCN2CCCCC2)[C@H](CO)O1)Nc1ccccc1. The molecule has 7 nitrogen and oxygen atoms in total. The maximum absolute atomic E-state index is 12.3. The first-order chi connectivity index (χ1) is 14.1. The Hall–Kier alpha value is -1.96. The molecule has 7 heteroatoms. The third kappa shape index (κ3) is 7.10. The molecule has 2 saturated heterocycles. The van der Waals surface area contributed by atoms with Crippen molar-refractivity contribution in [3.05, 3.63) is 30.3 Å². The lowest BCUT2D eigenvalue weighted by Crippen LogP contribution is -2.51. The molecule has 3 rings (SSSR count). The van der Waals surface area contributed by atoms with Crippen molar-refractivity contribution in [3.63, 3.8) is 0 Å². The van der Waals surface area contributed by atoms with Crippen LogP contribution in [0.25, 0.3) is 0 Å². The predicted octanol–water partition coefficient (Wildman–Crippen LogP) is 1.92. The number of nitrogens with one attached hydrogen (secondary N) is 2. The Morgan fingerprint density at radius 2 is 1.83 bits per heavy atom. The van der Waals surface area contributed by atoms with Gasteiger partial charge in [-0.05, 0) is 50.9 Å². The fraction of sp³-hybridized carbons (Fsp3) is 0.636. The number of likely N-dealkylation sites (tertiary alicyclic amines) is 1. The van der Waals surface area contributed by atoms with Crippen LogP contribution in [0.4, 0.5) is 5.69 Å². The van der Waals surface area contributed by atoms with Crippen LogP contribution in [0.15, 0.2) is 30.3 Å². The molecule has 1 aromatic rings. The number of ether oxygens (including phenoxy) is 1. The van der Waals surface area contributed by atoms with Crippen LogP contribution in [0, 0.1) is 0 Å². The molecule has 0 bridgehead atoms. The van der Waals surface area contributed by atoms with Crippen molar-refractivity contribution in [2.75, 3.05) is 31.6 Å². The van der Waals surface area contributed by atoms with Crippen LogP contribution in [-0.2, 0) is 14.3 Å². The zero-order chi connectivity index (χ0) is 20.5. The fourth-order valence-corrected chi connectivity index (χ4v) is 4.11. The molecule has 160 valence electrons. The highest BCUT2D eigenvalue weighted by molar-refractivity contribution is 5.90. The Morgan fingerprint density at radius 3 is 2.55 bits per heavy atom. The van der Waals surface area contributed by atoms with Crippen LogP contribution < -0.4 is 10.6 Å². The maximum Gasteiger partial charge on any atom is 0.226 e. The van der Waals surface area contributed by atoms with Crippen LogP contribution in [-0.4, -0.2) is 66.3 Å². The number of hydrogen-bond donors (Lipinski definition) is 3. The number of hydrogen-bond acceptors (Lipinski definition) is 5. The van der Waals surface area contributed by atoms with E-state index in [0.717, 1.165) is 25.3 Å². The Kier molecular flexibility index (Phi) is 8.46. The molecule has 2 heterocycles. The first-order valence-corrected chi connectivity index (χ1v) is 10.8. The number of benzene rings is 1. The van der Waals surface area contributed by atoms with Crippen molar-refractivity contribution in [1.82, 2.24) is 10.2 Å². The first kappa shape index (κ1) is 21.7. The second kappa shape index (κ2) is 11.3. The van der Waals surface area contributed by atoms with Gasteiger partial charge in [-0.2, -0.15) is 0 Å². The predicted molar refractivity (Wildman–Crippen MR) is 112 cm³/mol. The molecule has 0 aromatic heterocycles. The quantitative estimate of drug-likeness (QED) is 0.617. The van der Waals surface area contributed by atoms with Gasteiger partial charge in [-0.1, -0.05) is 24.6 Å². The Balaban J connectivity index is 1.40. The summed E-state index contributed by atoms with van der Waals surface area (Å²) in [5.74, 6) is -0.107. The molecule has 3 N–H and O–H groups in total. The number of carbonyl (C=O) groups is 2. The highest BCUT2D eigenvalue weighted by atomic mass is 16.5. The van der Waals surface area contributed by atoms with E-state index in [9.17, 15) is 14.7 Å². The minimum absolute atomic E-state index is 0.00268. The van der Waals surface area contributed by atoms with E-state index >= 15 is 0 Å². The number of piperidine rings is 1. The number of para-hydroxylation sites is 1. The van der Waals surface area contributed by atoms with Crippen molar-refractivity contribution in [1.29, 1.82) is 0 Å². The maximum atomic E-state index is 12.3. The molecule has 2 fully saturated rings. The summed E-state index contributed by atoms with van der Waals surface area (Å²) in [6, 6.07) is 9.10. The molecule has 2 aliphatic heterocycles. The van der Waals surface area contributed by atoms with Gasteiger partial charge in [-0.3, -0.25) is 9.59 Å². The minimum Gasteiger partial charge on any atom is -0.394 e. The monoisotopic (exact) mass is 403 g/mol. The van der Waals surface area contributed by atoms with Gasteiger partial charge >= 0.3 is 0 Å². The summed E-state index contributed by atoms with van der Waals surface area (Å²) in [6.45, 7) is 2.76. The summed E-state index contributed by atoms with van der Waals surface area (Å²) in [6.07, 6.45) is 5.06. The van der Waals surface area contributed by atoms with Gasteiger partial charge in [0.1, 0.15) is 6.10 Å². The number of carbonyl (C=O) groups excluding carboxylic acids is 2. The second-order valence-corrected chi connectivity index (χ2v) is 8.00. The van der Waals surface area contributed by atoms with E-state index in [0.29, 0.717) is 19.3 Å². The molecule has 2 amide bonds. The zero-order valence-corrected chi connectivity index (χ0v) is 17.0. The Bertz CT molecular complexity index is 649. The van der Waals surface area contributed by atoms with Gasteiger partial charge in [0.2, 0.25) is 11.8 Å². The van der Waals surface area contributed by atoms with Crippen LogP contribution in [0.5, 0.6) is 0 Å². The van der Waals surface area contributed by atoms with E-state index in [-0.39, 0.29) is 37.0 Å². The molecule has 0 spiro atoms. The fourth-order valence-electron chi connectivity index (χ4n) is 4.11. The van der Waals surface area contributed by atoms with Crippen LogP contribution in [0.2, 0.25) is 0 Å². The molecule has 2 aliphatic rings. The van der Waals surface area contributed by atoms with Crippen LogP contribution >= 0.6 is 0 Å². The smallest absolute Gasteiger partial charge is 0.226 e. The van der Waals surface area contributed by atoms with Crippen LogP contribution in [0.1, 0.15) is 44.9 Å². The van der Waals surface area contributed by atoms with Crippen molar-refractivity contribution >= 4 is 17.5 Å². The number of anilines is 1. The Labute approximate surface area is 172 Å². The average Bonchev–Trinajstić information content (AvgIpc) is 2.74. The minimum atomic E-state index is -0.475. The highest BCUT2D eigenvalue weighted by Crippen LogP contribution is 2.22. The molecule has 0 radical (unpaired) electrons. The normalized spacial score (nSPS) is 25.3.